The molecule has 1 atom stereocenters. The first-order valence-corrected chi connectivity index (χ1v) is 10.0. The number of ether oxygens (including phenoxy) is 1. The molecule has 0 bridgehead atoms. The number of hydrogen-bond donors (Lipinski definition) is 2. The summed E-state index contributed by atoms with van der Waals surface area (Å²) in [5, 5.41) is 6.32. The van der Waals surface area contributed by atoms with Gasteiger partial charge < -0.3 is 20.3 Å². The number of rotatable bonds is 9. The molecule has 1 aromatic rings. The molecular formula is C21H33N3O3. The van der Waals surface area contributed by atoms with Gasteiger partial charge in [-0.25, -0.2) is 0 Å². The summed E-state index contributed by atoms with van der Waals surface area (Å²) in [6, 6.07) is 7.22. The van der Waals surface area contributed by atoms with Crippen molar-refractivity contribution in [2.24, 2.45) is 11.8 Å². The van der Waals surface area contributed by atoms with Gasteiger partial charge in [0, 0.05) is 31.3 Å². The molecule has 1 aromatic carbocycles. The Bertz CT molecular complexity index is 610. The zero-order valence-corrected chi connectivity index (χ0v) is 16.8. The van der Waals surface area contributed by atoms with Crippen LogP contribution in [0.1, 0.15) is 40.0 Å². The SMILES string of the molecule is CCN(CC)C(=O)COc1cccc(NC(=O)CC(C)C2CCNCC2)c1. The van der Waals surface area contributed by atoms with E-state index >= 15 is 0 Å². The summed E-state index contributed by atoms with van der Waals surface area (Å²) in [4.78, 5) is 26.2. The monoisotopic (exact) mass is 375 g/mol. The van der Waals surface area contributed by atoms with Crippen molar-refractivity contribution in [1.82, 2.24) is 10.2 Å². The van der Waals surface area contributed by atoms with Crippen LogP contribution in [-0.2, 0) is 9.59 Å². The van der Waals surface area contributed by atoms with Crippen LogP contribution in [0.2, 0.25) is 0 Å². The second kappa shape index (κ2) is 10.9. The third kappa shape index (κ3) is 6.86. The fraction of sp³-hybridized carbons (Fsp3) is 0.619. The van der Waals surface area contributed by atoms with Gasteiger partial charge in [0.1, 0.15) is 5.75 Å². The quantitative estimate of drug-likeness (QED) is 0.696. The lowest BCUT2D eigenvalue weighted by molar-refractivity contribution is -0.133. The minimum Gasteiger partial charge on any atom is -0.484 e. The third-order valence-electron chi connectivity index (χ3n) is 5.29. The highest BCUT2D eigenvalue weighted by Gasteiger charge is 2.22. The van der Waals surface area contributed by atoms with E-state index in [4.69, 9.17) is 4.74 Å². The molecular weight excluding hydrogens is 342 g/mol. The highest BCUT2D eigenvalue weighted by atomic mass is 16.5. The van der Waals surface area contributed by atoms with Gasteiger partial charge >= 0.3 is 0 Å². The van der Waals surface area contributed by atoms with Crippen molar-refractivity contribution < 1.29 is 14.3 Å². The van der Waals surface area contributed by atoms with Gasteiger partial charge in [-0.15, -0.1) is 0 Å². The molecule has 6 nitrogen and oxygen atoms in total. The number of carbonyl (C=O) groups is 2. The minimum atomic E-state index is -0.0368. The molecule has 1 aliphatic heterocycles. The van der Waals surface area contributed by atoms with E-state index in [0.717, 1.165) is 25.9 Å². The first-order valence-electron chi connectivity index (χ1n) is 10.0. The maximum atomic E-state index is 12.4. The lowest BCUT2D eigenvalue weighted by Crippen LogP contribution is -2.34. The number of anilines is 1. The maximum Gasteiger partial charge on any atom is 0.260 e. The van der Waals surface area contributed by atoms with Crippen molar-refractivity contribution >= 4 is 17.5 Å². The highest BCUT2D eigenvalue weighted by Crippen LogP contribution is 2.25. The molecule has 1 saturated heterocycles. The largest absolute Gasteiger partial charge is 0.484 e. The van der Waals surface area contributed by atoms with Crippen molar-refractivity contribution in [3.63, 3.8) is 0 Å². The number of carbonyl (C=O) groups excluding carboxylic acids is 2. The van der Waals surface area contributed by atoms with E-state index in [1.54, 1.807) is 17.0 Å². The average molecular weight is 376 g/mol. The summed E-state index contributed by atoms with van der Waals surface area (Å²) in [6.45, 7) is 9.49. The van der Waals surface area contributed by atoms with Gasteiger partial charge in [-0.3, -0.25) is 9.59 Å². The predicted octanol–water partition coefficient (Wildman–Crippen LogP) is 2.90. The molecule has 1 heterocycles. The first-order chi connectivity index (χ1) is 13.0. The van der Waals surface area contributed by atoms with E-state index in [1.807, 2.05) is 26.0 Å². The summed E-state index contributed by atoms with van der Waals surface area (Å²) in [7, 11) is 0. The Morgan fingerprint density at radius 1 is 1.26 bits per heavy atom. The van der Waals surface area contributed by atoms with Gasteiger partial charge in [0.25, 0.3) is 5.91 Å². The molecule has 2 N–H and O–H groups in total. The molecule has 0 spiro atoms. The molecule has 1 unspecified atom stereocenters. The molecule has 2 amide bonds. The standard InChI is InChI=1S/C21H33N3O3/c1-4-24(5-2)21(26)15-27-19-8-6-7-18(14-19)23-20(25)13-16(3)17-9-11-22-12-10-17/h6-8,14,16-17,22H,4-5,9-13,15H2,1-3H3,(H,23,25). The normalized spacial score (nSPS) is 15.8. The van der Waals surface area contributed by atoms with Crippen LogP contribution in [0.15, 0.2) is 24.3 Å². The van der Waals surface area contributed by atoms with Crippen LogP contribution in [0, 0.1) is 11.8 Å². The summed E-state index contributed by atoms with van der Waals surface area (Å²) < 4.78 is 5.60. The predicted molar refractivity (Wildman–Crippen MR) is 108 cm³/mol. The van der Waals surface area contributed by atoms with Crippen LogP contribution in [0.5, 0.6) is 5.75 Å². The van der Waals surface area contributed by atoms with Crippen molar-refractivity contribution in [2.75, 3.05) is 38.1 Å². The van der Waals surface area contributed by atoms with Gasteiger partial charge in [-0.05, 0) is 63.7 Å². The number of amides is 2. The van der Waals surface area contributed by atoms with E-state index in [-0.39, 0.29) is 18.4 Å². The van der Waals surface area contributed by atoms with Gasteiger partial charge in [0.05, 0.1) is 0 Å². The number of benzene rings is 1. The summed E-state index contributed by atoms with van der Waals surface area (Å²) in [6.07, 6.45) is 2.80. The van der Waals surface area contributed by atoms with Crippen LogP contribution in [-0.4, -0.2) is 49.5 Å². The van der Waals surface area contributed by atoms with Crippen molar-refractivity contribution in [3.8, 4) is 5.75 Å². The van der Waals surface area contributed by atoms with Gasteiger partial charge in [0.2, 0.25) is 5.91 Å². The molecule has 2 rings (SSSR count). The molecule has 1 aliphatic rings. The van der Waals surface area contributed by atoms with Gasteiger partial charge in [-0.1, -0.05) is 13.0 Å². The zero-order valence-electron chi connectivity index (χ0n) is 16.8. The fourth-order valence-corrected chi connectivity index (χ4v) is 3.56. The molecule has 1 fully saturated rings. The summed E-state index contributed by atoms with van der Waals surface area (Å²) in [5.74, 6) is 1.55. The Morgan fingerprint density at radius 3 is 2.63 bits per heavy atom. The van der Waals surface area contributed by atoms with E-state index < -0.39 is 0 Å². The smallest absolute Gasteiger partial charge is 0.260 e. The number of nitrogens with one attached hydrogen (secondary N) is 2. The zero-order chi connectivity index (χ0) is 19.6. The summed E-state index contributed by atoms with van der Waals surface area (Å²) in [5.41, 5.74) is 0.699. The van der Waals surface area contributed by atoms with Crippen LogP contribution in [0.3, 0.4) is 0 Å². The number of nitrogens with zero attached hydrogens (tertiary/aromatic N) is 1. The Labute approximate surface area is 162 Å². The maximum absolute atomic E-state index is 12.4. The van der Waals surface area contributed by atoms with Crippen molar-refractivity contribution in [1.29, 1.82) is 0 Å². The average Bonchev–Trinajstić information content (AvgIpc) is 2.68. The van der Waals surface area contributed by atoms with E-state index in [9.17, 15) is 9.59 Å². The Morgan fingerprint density at radius 2 is 1.96 bits per heavy atom. The number of piperidine rings is 1. The van der Waals surface area contributed by atoms with E-state index in [0.29, 0.717) is 42.8 Å². The highest BCUT2D eigenvalue weighted by molar-refractivity contribution is 5.91. The molecule has 6 heteroatoms. The van der Waals surface area contributed by atoms with Gasteiger partial charge in [-0.2, -0.15) is 0 Å². The third-order valence-corrected chi connectivity index (χ3v) is 5.29. The second-order valence-corrected chi connectivity index (χ2v) is 7.20. The molecule has 0 saturated carbocycles. The fourth-order valence-electron chi connectivity index (χ4n) is 3.56. The topological polar surface area (TPSA) is 70.7 Å². The first kappa shape index (κ1) is 21.2. The van der Waals surface area contributed by atoms with E-state index in [1.165, 1.54) is 0 Å². The Kier molecular flexibility index (Phi) is 8.58. The molecule has 0 aromatic heterocycles. The second-order valence-electron chi connectivity index (χ2n) is 7.20. The van der Waals surface area contributed by atoms with Crippen LogP contribution < -0.4 is 15.4 Å². The Hall–Kier alpha value is -2.08. The van der Waals surface area contributed by atoms with Crippen molar-refractivity contribution in [3.05, 3.63) is 24.3 Å². The molecule has 27 heavy (non-hydrogen) atoms. The minimum absolute atomic E-state index is 0.00578. The van der Waals surface area contributed by atoms with Crippen LogP contribution in [0.25, 0.3) is 0 Å². The van der Waals surface area contributed by atoms with E-state index in [2.05, 4.69) is 17.6 Å². The van der Waals surface area contributed by atoms with Crippen LogP contribution in [0.4, 0.5) is 5.69 Å². The lowest BCUT2D eigenvalue weighted by Gasteiger charge is -2.27. The summed E-state index contributed by atoms with van der Waals surface area (Å²) >= 11 is 0. The van der Waals surface area contributed by atoms with Crippen LogP contribution >= 0.6 is 0 Å². The Balaban J connectivity index is 1.83. The number of likely N-dealkylation sites (N-methyl/N-ethyl adjacent to an activating group) is 1. The molecule has 0 aliphatic carbocycles. The molecule has 0 radical (unpaired) electrons. The van der Waals surface area contributed by atoms with Crippen molar-refractivity contribution in [2.45, 2.75) is 40.0 Å². The lowest BCUT2D eigenvalue weighted by atomic mass is 9.84. The number of hydrogen-bond acceptors (Lipinski definition) is 4. The molecule has 150 valence electrons. The van der Waals surface area contributed by atoms with Gasteiger partial charge in [0.15, 0.2) is 6.61 Å².